The summed E-state index contributed by atoms with van der Waals surface area (Å²) >= 11 is 0. The van der Waals surface area contributed by atoms with Crippen LogP contribution in [0, 0.1) is 0 Å². The second-order valence-corrected chi connectivity index (χ2v) is 0.283. The fourth-order valence-electron chi connectivity index (χ4n) is 0. The van der Waals surface area contributed by atoms with Crippen LogP contribution in [0.25, 0.3) is 0 Å². The van der Waals surface area contributed by atoms with Crippen LogP contribution in [0.4, 0.5) is 4.79 Å². The molecule has 2 N–H and O–H groups in total. The van der Waals surface area contributed by atoms with E-state index in [9.17, 15) is 0 Å². The molecule has 0 aromatic carbocycles. The topological polar surface area (TPSA) is 57.5 Å². The number of hydrogen-bond acceptors (Lipinski definition) is 1. The molecule has 0 amide bonds. The maximum Gasteiger partial charge on any atom is 2.00 e. The fourth-order valence-corrected chi connectivity index (χ4v) is 0. The van der Waals surface area contributed by atoms with Crippen LogP contribution in [0.3, 0.4) is 0 Å². The summed E-state index contributed by atoms with van der Waals surface area (Å²) in [6.45, 7) is 0. The van der Waals surface area contributed by atoms with Gasteiger partial charge in [0.05, 0.1) is 0 Å². The van der Waals surface area contributed by atoms with Gasteiger partial charge >= 0.3 is 101 Å². The Morgan fingerprint density at radius 1 is 1.43 bits per heavy atom. The van der Waals surface area contributed by atoms with Crippen LogP contribution < -0.4 is 0 Å². The molecule has 0 bridgehead atoms. The molecule has 0 aromatic heterocycles. The summed E-state index contributed by atoms with van der Waals surface area (Å²) in [6, 6.07) is 0. The van der Waals surface area contributed by atoms with Crippen LogP contribution in [0.1, 0.15) is 5.71 Å². The van der Waals surface area contributed by atoms with Crippen molar-refractivity contribution in [3.8, 4) is 0 Å². The Morgan fingerprint density at radius 2 is 1.43 bits per heavy atom. The van der Waals surface area contributed by atoms with E-state index >= 15 is 0 Å². The van der Waals surface area contributed by atoms with Gasteiger partial charge in [0.25, 0.3) is 0 Å². The van der Waals surface area contributed by atoms with Crippen molar-refractivity contribution in [1.82, 2.24) is 0 Å². The van der Waals surface area contributed by atoms with Crippen LogP contribution in [0.5, 0.6) is 0 Å². The number of rotatable bonds is 0. The average Bonchev–Trinajstić information content (AvgIpc) is 0.811. The number of carbonyl (C=O) groups is 1. The molecule has 0 fully saturated rings. The third-order valence-electron chi connectivity index (χ3n) is 0. The van der Waals surface area contributed by atoms with Gasteiger partial charge in [0.1, 0.15) is 0 Å². The quantitative estimate of drug-likeness (QED) is 0.631. The molecule has 40 valence electrons. The van der Waals surface area contributed by atoms with Gasteiger partial charge in [0, 0.05) is 0 Å². The van der Waals surface area contributed by atoms with Crippen LogP contribution in [-0.4, -0.2) is 111 Å². The molecule has 0 aliphatic rings. The van der Waals surface area contributed by atoms with Gasteiger partial charge in [-0.05, 0) is 0 Å². The van der Waals surface area contributed by atoms with Gasteiger partial charge < -0.3 is 15.9 Å². The zero-order valence-corrected chi connectivity index (χ0v) is 12.4. The standard InChI is InChI=1S/CH2O3.Ba.ClH.Sr.4H/c2-1(3)4;;;;;;;/h(H2,2,3,4);;1H;;;;;/q;+2;;+2;4*-1. The van der Waals surface area contributed by atoms with Crippen molar-refractivity contribution in [1.29, 1.82) is 0 Å². The normalized spacial score (nSPS) is 3.43. The van der Waals surface area contributed by atoms with E-state index in [-0.39, 0.29) is 112 Å². The molecule has 7 heavy (non-hydrogen) atoms. The predicted octanol–water partition coefficient (Wildman–Crippen LogP) is 0.333. The van der Waals surface area contributed by atoms with Crippen molar-refractivity contribution in [3.05, 3.63) is 0 Å². The Labute approximate surface area is 131 Å². The van der Waals surface area contributed by atoms with E-state index in [0.717, 1.165) is 0 Å². The van der Waals surface area contributed by atoms with Crippen molar-refractivity contribution >= 4 is 113 Å². The number of hydrogen-bond donors (Lipinski definition) is 2. The summed E-state index contributed by atoms with van der Waals surface area (Å²) in [5.74, 6) is 0. The SMILES string of the molecule is Cl.O=C(O)O.[Ba+2].[H-].[H-].[H-].[H-].[Sr+2]. The molecule has 0 aromatic rings. The molecule has 0 atom stereocenters. The largest absolute Gasteiger partial charge is 2.00 e. The summed E-state index contributed by atoms with van der Waals surface area (Å²) in [5, 5.41) is 13.9. The Morgan fingerprint density at radius 3 is 1.43 bits per heavy atom. The minimum absolute atomic E-state index is 0. The van der Waals surface area contributed by atoms with Gasteiger partial charge in [0.15, 0.2) is 0 Å². The van der Waals surface area contributed by atoms with Gasteiger partial charge in [-0.3, -0.25) is 0 Å². The predicted molar refractivity (Wildman–Crippen MR) is 33.9 cm³/mol. The maximum absolute atomic E-state index is 8.56. The van der Waals surface area contributed by atoms with E-state index in [1.807, 2.05) is 0 Å². The Hall–Kier alpha value is 2.61. The van der Waals surface area contributed by atoms with Crippen molar-refractivity contribution in [2.24, 2.45) is 0 Å². The molecule has 0 rings (SSSR count). The fraction of sp³-hybridized carbons (Fsp3) is 0. The maximum atomic E-state index is 8.56. The molecule has 0 radical (unpaired) electrons. The molecule has 0 spiro atoms. The summed E-state index contributed by atoms with van der Waals surface area (Å²) in [4.78, 5) is 8.56. The first kappa shape index (κ1) is 22.6. The zero-order chi connectivity index (χ0) is 3.58. The van der Waals surface area contributed by atoms with Crippen molar-refractivity contribution in [2.75, 3.05) is 0 Å². The third kappa shape index (κ3) is 55.2. The van der Waals surface area contributed by atoms with Crippen molar-refractivity contribution in [2.45, 2.75) is 0 Å². The molecule has 0 heterocycles. The van der Waals surface area contributed by atoms with Crippen molar-refractivity contribution in [3.63, 3.8) is 0 Å². The summed E-state index contributed by atoms with van der Waals surface area (Å²) in [6.07, 6.45) is -1.83. The van der Waals surface area contributed by atoms with E-state index in [4.69, 9.17) is 15.0 Å². The van der Waals surface area contributed by atoms with E-state index in [0.29, 0.717) is 0 Å². The van der Waals surface area contributed by atoms with Gasteiger partial charge in [-0.25, -0.2) is 4.79 Å². The average molecular weight is 327 g/mol. The molecule has 0 aliphatic carbocycles. The van der Waals surface area contributed by atoms with E-state index in [1.165, 1.54) is 0 Å². The summed E-state index contributed by atoms with van der Waals surface area (Å²) < 4.78 is 0. The Balaban J connectivity index is -0.00000000214. The second kappa shape index (κ2) is 15.8. The van der Waals surface area contributed by atoms with Crippen LogP contribution in [0.2, 0.25) is 0 Å². The molecule has 0 saturated heterocycles. The Kier molecular flexibility index (Phi) is 51.2. The van der Waals surface area contributed by atoms with Crippen LogP contribution in [-0.2, 0) is 0 Å². The molecular weight excluding hydrogens is 320 g/mol. The smallest absolute Gasteiger partial charge is 1.00 e. The van der Waals surface area contributed by atoms with Gasteiger partial charge in [-0.1, -0.05) is 0 Å². The van der Waals surface area contributed by atoms with E-state index in [1.54, 1.807) is 0 Å². The zero-order valence-electron chi connectivity index (χ0n) is 7.63. The van der Waals surface area contributed by atoms with Gasteiger partial charge in [0.2, 0.25) is 0 Å². The van der Waals surface area contributed by atoms with Gasteiger partial charge in [-0.15, -0.1) is 12.4 Å². The first-order valence-corrected chi connectivity index (χ1v) is 0.651. The molecule has 0 saturated carbocycles. The molecular formula is CH7BaClO3Sr. The van der Waals surface area contributed by atoms with Crippen LogP contribution >= 0.6 is 12.4 Å². The van der Waals surface area contributed by atoms with E-state index < -0.39 is 6.16 Å². The molecule has 6 heteroatoms. The molecule has 3 nitrogen and oxygen atoms in total. The minimum atomic E-state index is -1.83. The summed E-state index contributed by atoms with van der Waals surface area (Å²) in [5.41, 5.74) is 0. The molecule has 0 aliphatic heterocycles. The third-order valence-corrected chi connectivity index (χ3v) is 0. The second-order valence-electron chi connectivity index (χ2n) is 0.283. The first-order chi connectivity index (χ1) is 1.73. The number of halogens is 1. The number of carboxylic acid groups (broad SMARTS) is 2. The van der Waals surface area contributed by atoms with Crippen molar-refractivity contribution < 1.29 is 20.7 Å². The minimum Gasteiger partial charge on any atom is -1.00 e. The van der Waals surface area contributed by atoms with E-state index in [2.05, 4.69) is 0 Å². The Bertz CT molecular complexity index is 48.3. The first-order valence-electron chi connectivity index (χ1n) is 0.651. The monoisotopic (exact) mass is 328 g/mol. The van der Waals surface area contributed by atoms with Gasteiger partial charge in [-0.2, -0.15) is 0 Å². The summed E-state index contributed by atoms with van der Waals surface area (Å²) in [7, 11) is 0. The molecule has 0 unspecified atom stereocenters. The van der Waals surface area contributed by atoms with Crippen LogP contribution in [0.15, 0.2) is 0 Å².